The van der Waals surface area contributed by atoms with E-state index in [4.69, 9.17) is 4.74 Å². The summed E-state index contributed by atoms with van der Waals surface area (Å²) in [7, 11) is 0. The van der Waals surface area contributed by atoms with E-state index < -0.39 is 0 Å². The number of rotatable bonds is 5. The van der Waals surface area contributed by atoms with Crippen molar-refractivity contribution in [3.05, 3.63) is 65.2 Å². The van der Waals surface area contributed by atoms with Gasteiger partial charge in [-0.15, -0.1) is 11.3 Å². The number of aromatic nitrogens is 1. The van der Waals surface area contributed by atoms with Crippen LogP contribution in [0.1, 0.15) is 49.1 Å². The van der Waals surface area contributed by atoms with E-state index in [-0.39, 0.29) is 0 Å². The molecule has 0 spiro atoms. The Morgan fingerprint density at radius 3 is 2.17 bits per heavy atom. The van der Waals surface area contributed by atoms with Crippen LogP contribution in [-0.4, -0.2) is 53.4 Å². The van der Waals surface area contributed by atoms with Crippen LogP contribution in [0.2, 0.25) is 0 Å². The average Bonchev–Trinajstić information content (AvgIpc) is 3.07. The molecule has 0 unspecified atom stereocenters. The zero-order chi connectivity index (χ0) is 24.5. The van der Waals surface area contributed by atoms with Gasteiger partial charge in [0.15, 0.2) is 0 Å². The quantitative estimate of drug-likeness (QED) is 0.373. The van der Waals surface area contributed by atoms with Crippen molar-refractivity contribution in [2.75, 3.05) is 26.2 Å². The molecule has 0 N–H and O–H groups in total. The molecular formula is C29H37N3O2S. The molecular weight excluding hydrogens is 454 g/mol. The standard InChI is InChI=1S/C17H15NOS.C12H22N2O/c1-12-13(2)20-17(18-12)15-10-6-7-11-16(15)19-14-8-4-3-5-9-14;15-11-13-9-5-12(6-10-13)14-7-3-1-2-4-8-14/h3-11H,1-2H3;11-12H,1-10H2. The van der Waals surface area contributed by atoms with Crippen LogP contribution in [0.25, 0.3) is 10.6 Å². The first-order chi connectivity index (χ1) is 17.1. The maximum atomic E-state index is 10.6. The van der Waals surface area contributed by atoms with Gasteiger partial charge in [-0.2, -0.15) is 0 Å². The topological polar surface area (TPSA) is 45.7 Å². The first-order valence-electron chi connectivity index (χ1n) is 12.8. The zero-order valence-electron chi connectivity index (χ0n) is 21.0. The number of ether oxygens (including phenoxy) is 1. The van der Waals surface area contributed by atoms with Gasteiger partial charge in [-0.1, -0.05) is 43.2 Å². The lowest BCUT2D eigenvalue weighted by Gasteiger charge is -2.36. The monoisotopic (exact) mass is 491 g/mol. The number of benzene rings is 2. The Bertz CT molecular complexity index is 1030. The Morgan fingerprint density at radius 1 is 0.886 bits per heavy atom. The Hall–Kier alpha value is -2.70. The van der Waals surface area contributed by atoms with Gasteiger partial charge in [0.1, 0.15) is 16.5 Å². The summed E-state index contributed by atoms with van der Waals surface area (Å²) in [6.07, 6.45) is 8.91. The Kier molecular flexibility index (Phi) is 9.32. The van der Waals surface area contributed by atoms with E-state index >= 15 is 0 Å². The second kappa shape index (κ2) is 12.8. The molecule has 6 heteroatoms. The first kappa shape index (κ1) is 25.4. The second-order valence-corrected chi connectivity index (χ2v) is 10.6. The maximum Gasteiger partial charge on any atom is 0.209 e. The molecule has 2 fully saturated rings. The summed E-state index contributed by atoms with van der Waals surface area (Å²) in [6.45, 7) is 8.63. The van der Waals surface area contributed by atoms with Gasteiger partial charge in [0, 0.05) is 24.0 Å². The van der Waals surface area contributed by atoms with Crippen molar-refractivity contribution in [1.29, 1.82) is 0 Å². The number of piperidine rings is 1. The third-order valence-corrected chi connectivity index (χ3v) is 8.03. The molecule has 2 aliphatic rings. The van der Waals surface area contributed by atoms with Crippen molar-refractivity contribution in [3.8, 4) is 22.1 Å². The third-order valence-electron chi connectivity index (χ3n) is 6.92. The predicted octanol–water partition coefficient (Wildman–Crippen LogP) is 6.70. The molecule has 3 aromatic rings. The van der Waals surface area contributed by atoms with Gasteiger partial charge in [0.05, 0.1) is 11.3 Å². The molecule has 0 saturated carbocycles. The smallest absolute Gasteiger partial charge is 0.209 e. The number of nitrogens with zero attached hydrogens (tertiary/aromatic N) is 3. The number of carbonyl (C=O) groups is 1. The third kappa shape index (κ3) is 7.15. The second-order valence-electron chi connectivity index (χ2n) is 9.39. The summed E-state index contributed by atoms with van der Waals surface area (Å²) in [5.41, 5.74) is 2.12. The van der Waals surface area contributed by atoms with Gasteiger partial charge < -0.3 is 14.5 Å². The predicted molar refractivity (Wildman–Crippen MR) is 144 cm³/mol. The summed E-state index contributed by atoms with van der Waals surface area (Å²) < 4.78 is 5.98. The molecule has 0 aliphatic carbocycles. The number of likely N-dealkylation sites (tertiary alicyclic amines) is 2. The first-order valence-corrected chi connectivity index (χ1v) is 13.7. The number of thiazole rings is 1. The van der Waals surface area contributed by atoms with Crippen LogP contribution < -0.4 is 4.74 Å². The highest BCUT2D eigenvalue weighted by Crippen LogP contribution is 2.36. The van der Waals surface area contributed by atoms with Crippen molar-refractivity contribution >= 4 is 17.7 Å². The summed E-state index contributed by atoms with van der Waals surface area (Å²) in [4.78, 5) is 21.0. The Balaban J connectivity index is 0.000000172. The Morgan fingerprint density at radius 2 is 1.54 bits per heavy atom. The molecule has 2 saturated heterocycles. The molecule has 5 nitrogen and oxygen atoms in total. The minimum Gasteiger partial charge on any atom is -0.457 e. The van der Waals surface area contributed by atoms with Crippen molar-refractivity contribution in [2.45, 2.75) is 58.4 Å². The number of hydrogen-bond donors (Lipinski definition) is 0. The summed E-state index contributed by atoms with van der Waals surface area (Å²) in [6, 6.07) is 18.6. The SMILES string of the molecule is Cc1nc(-c2ccccc2Oc2ccccc2)sc1C.O=CN1CCC(N2CCCCCC2)CC1. The molecule has 3 heterocycles. The van der Waals surface area contributed by atoms with Gasteiger partial charge in [-0.3, -0.25) is 4.79 Å². The lowest BCUT2D eigenvalue weighted by Crippen LogP contribution is -2.44. The lowest BCUT2D eigenvalue weighted by atomic mass is 10.0. The van der Waals surface area contributed by atoms with Crippen molar-refractivity contribution < 1.29 is 9.53 Å². The van der Waals surface area contributed by atoms with Crippen molar-refractivity contribution in [1.82, 2.24) is 14.8 Å². The molecule has 5 rings (SSSR count). The highest BCUT2D eigenvalue weighted by Gasteiger charge is 2.24. The fourth-order valence-corrected chi connectivity index (χ4v) is 5.70. The minimum absolute atomic E-state index is 0.749. The van der Waals surface area contributed by atoms with Crippen molar-refractivity contribution in [2.24, 2.45) is 0 Å². The fraction of sp³-hybridized carbons (Fsp3) is 0.448. The van der Waals surface area contributed by atoms with E-state index in [1.165, 1.54) is 56.5 Å². The van der Waals surface area contributed by atoms with Crippen LogP contribution in [-0.2, 0) is 4.79 Å². The summed E-state index contributed by atoms with van der Waals surface area (Å²) >= 11 is 1.70. The van der Waals surface area contributed by atoms with Gasteiger partial charge >= 0.3 is 0 Å². The largest absolute Gasteiger partial charge is 0.457 e. The summed E-state index contributed by atoms with van der Waals surface area (Å²) in [5, 5.41) is 1.01. The number of carbonyl (C=O) groups excluding carboxylic acids is 1. The van der Waals surface area contributed by atoms with E-state index in [1.54, 1.807) is 11.3 Å². The van der Waals surface area contributed by atoms with Crippen LogP contribution in [0.15, 0.2) is 54.6 Å². The van der Waals surface area contributed by atoms with E-state index in [2.05, 4.69) is 22.9 Å². The number of hydrogen-bond acceptors (Lipinski definition) is 5. The zero-order valence-corrected chi connectivity index (χ0v) is 21.8. The van der Waals surface area contributed by atoms with Crippen molar-refractivity contribution in [3.63, 3.8) is 0 Å². The van der Waals surface area contributed by atoms with Crippen LogP contribution >= 0.6 is 11.3 Å². The van der Waals surface area contributed by atoms with Crippen LogP contribution in [0.4, 0.5) is 0 Å². The van der Waals surface area contributed by atoms with E-state index in [1.807, 2.05) is 60.4 Å². The number of amides is 1. The van der Waals surface area contributed by atoms with E-state index in [0.29, 0.717) is 0 Å². The number of para-hydroxylation sites is 2. The maximum absolute atomic E-state index is 10.6. The molecule has 2 aliphatic heterocycles. The minimum atomic E-state index is 0.749. The molecule has 35 heavy (non-hydrogen) atoms. The van der Waals surface area contributed by atoms with Crippen LogP contribution in [0.5, 0.6) is 11.5 Å². The molecule has 0 radical (unpaired) electrons. The van der Waals surface area contributed by atoms with Gasteiger partial charge in [0.25, 0.3) is 0 Å². The highest BCUT2D eigenvalue weighted by atomic mass is 32.1. The molecule has 2 aromatic carbocycles. The van der Waals surface area contributed by atoms with Crippen LogP contribution in [0, 0.1) is 13.8 Å². The normalized spacial score (nSPS) is 17.3. The van der Waals surface area contributed by atoms with E-state index in [0.717, 1.165) is 53.3 Å². The lowest BCUT2D eigenvalue weighted by molar-refractivity contribution is -0.119. The molecule has 186 valence electrons. The van der Waals surface area contributed by atoms with E-state index in [9.17, 15) is 4.79 Å². The molecule has 1 aromatic heterocycles. The molecule has 1 amide bonds. The molecule has 0 atom stereocenters. The highest BCUT2D eigenvalue weighted by molar-refractivity contribution is 7.15. The van der Waals surface area contributed by atoms with Gasteiger partial charge in [-0.05, 0) is 76.9 Å². The fourth-order valence-electron chi connectivity index (χ4n) is 4.75. The van der Waals surface area contributed by atoms with Gasteiger partial charge in [0.2, 0.25) is 6.41 Å². The molecule has 0 bridgehead atoms. The Labute approximate surface area is 213 Å². The number of aryl methyl sites for hydroxylation is 2. The van der Waals surface area contributed by atoms with Crippen LogP contribution in [0.3, 0.4) is 0 Å². The average molecular weight is 492 g/mol. The summed E-state index contributed by atoms with van der Waals surface area (Å²) in [5.74, 6) is 1.68. The van der Waals surface area contributed by atoms with Gasteiger partial charge in [-0.25, -0.2) is 4.98 Å².